The molecule has 1 aromatic carbocycles. The highest BCUT2D eigenvalue weighted by atomic mass is 16.4. The molecule has 1 aliphatic rings. The van der Waals surface area contributed by atoms with E-state index >= 15 is 0 Å². The number of carboxylic acids is 1. The van der Waals surface area contributed by atoms with E-state index in [1.807, 2.05) is 0 Å². The van der Waals surface area contributed by atoms with Gasteiger partial charge in [-0.05, 0) is 55.6 Å². The van der Waals surface area contributed by atoms with Crippen molar-refractivity contribution < 1.29 is 9.90 Å². The number of aliphatic carboxylic acids is 1. The van der Waals surface area contributed by atoms with Gasteiger partial charge in [0.25, 0.3) is 0 Å². The second-order valence-corrected chi connectivity index (χ2v) is 4.55. The average Bonchev–Trinajstić information content (AvgIpc) is 2.29. The van der Waals surface area contributed by atoms with E-state index in [2.05, 4.69) is 24.3 Å². The van der Waals surface area contributed by atoms with Crippen LogP contribution in [0.2, 0.25) is 0 Å². The Morgan fingerprint density at radius 1 is 1.38 bits per heavy atom. The molecule has 86 valence electrons. The van der Waals surface area contributed by atoms with E-state index in [0.29, 0.717) is 5.92 Å². The van der Waals surface area contributed by atoms with Gasteiger partial charge in [0.15, 0.2) is 0 Å². The summed E-state index contributed by atoms with van der Waals surface area (Å²) in [5, 5.41) is 10.4. The topological polar surface area (TPSA) is 40.1 Å². The predicted molar refractivity (Wildman–Crippen MR) is 61.0 cm³/mol. The van der Waals surface area contributed by atoms with E-state index in [0.717, 1.165) is 12.8 Å². The van der Waals surface area contributed by atoms with Crippen LogP contribution in [0.1, 0.15) is 49.1 Å². The van der Waals surface area contributed by atoms with Gasteiger partial charge in [-0.25, -0.2) is 0 Å². The number of aryl methyl sites for hydroxylation is 1. The quantitative estimate of drug-likeness (QED) is 0.774. The average molecular weight is 217 g/mol. The number of hydrogen-bond donors (Lipinski definition) is 0. The van der Waals surface area contributed by atoms with Gasteiger partial charge >= 0.3 is 0 Å². The second-order valence-electron chi connectivity index (χ2n) is 4.55. The van der Waals surface area contributed by atoms with Crippen molar-refractivity contribution in [2.75, 3.05) is 0 Å². The Morgan fingerprint density at radius 3 is 3.00 bits per heavy atom. The van der Waals surface area contributed by atoms with E-state index in [1.165, 1.54) is 30.4 Å². The number of hydrogen-bond acceptors (Lipinski definition) is 2. The van der Waals surface area contributed by atoms with Crippen molar-refractivity contribution in [2.45, 2.75) is 44.4 Å². The van der Waals surface area contributed by atoms with Gasteiger partial charge in [-0.2, -0.15) is 0 Å². The molecule has 0 saturated heterocycles. The highest BCUT2D eigenvalue weighted by Gasteiger charge is 2.18. The summed E-state index contributed by atoms with van der Waals surface area (Å²) in [6, 6.07) is 8.55. The maximum Gasteiger partial charge on any atom is 0.0414 e. The Bertz CT molecular complexity index is 371. The van der Waals surface area contributed by atoms with Crippen molar-refractivity contribution in [2.24, 2.45) is 0 Å². The molecule has 2 rings (SSSR count). The van der Waals surface area contributed by atoms with Gasteiger partial charge in [0.1, 0.15) is 0 Å². The molecule has 0 spiro atoms. The van der Waals surface area contributed by atoms with Crippen LogP contribution in [0.25, 0.3) is 0 Å². The second kappa shape index (κ2) is 5.15. The lowest BCUT2D eigenvalue weighted by Gasteiger charge is -2.25. The Morgan fingerprint density at radius 2 is 2.19 bits per heavy atom. The lowest BCUT2D eigenvalue weighted by Crippen LogP contribution is -2.22. The van der Waals surface area contributed by atoms with Gasteiger partial charge in [0.2, 0.25) is 0 Å². The molecule has 0 bridgehead atoms. The third kappa shape index (κ3) is 2.63. The summed E-state index contributed by atoms with van der Waals surface area (Å²) in [5.74, 6) is -0.367. The Hall–Kier alpha value is -1.31. The van der Waals surface area contributed by atoms with Crippen LogP contribution in [0.4, 0.5) is 0 Å². The van der Waals surface area contributed by atoms with Crippen LogP contribution in [-0.4, -0.2) is 5.97 Å². The van der Waals surface area contributed by atoms with Gasteiger partial charge < -0.3 is 9.90 Å². The molecule has 16 heavy (non-hydrogen) atoms. The highest BCUT2D eigenvalue weighted by molar-refractivity contribution is 5.64. The minimum atomic E-state index is -0.927. The molecular formula is C14H17O2-. The molecule has 0 fully saturated rings. The maximum atomic E-state index is 10.4. The molecule has 1 aliphatic carbocycles. The highest BCUT2D eigenvalue weighted by Crippen LogP contribution is 2.34. The predicted octanol–water partition coefficient (Wildman–Crippen LogP) is 2.03. The van der Waals surface area contributed by atoms with E-state index in [1.54, 1.807) is 0 Å². The molecule has 0 aromatic heterocycles. The van der Waals surface area contributed by atoms with E-state index in [9.17, 15) is 9.90 Å². The fourth-order valence-electron chi connectivity index (χ4n) is 2.65. The molecule has 1 unspecified atom stereocenters. The van der Waals surface area contributed by atoms with Gasteiger partial charge in [0, 0.05) is 5.97 Å². The molecule has 0 N–H and O–H groups in total. The van der Waals surface area contributed by atoms with Crippen LogP contribution in [0.15, 0.2) is 24.3 Å². The first-order valence-electron chi connectivity index (χ1n) is 6.05. The third-order valence-electron chi connectivity index (χ3n) is 3.43. The molecule has 0 heterocycles. The minimum Gasteiger partial charge on any atom is -0.550 e. The number of benzene rings is 1. The SMILES string of the molecule is O=C([O-])CCCC1CCCc2ccccc21. The van der Waals surface area contributed by atoms with Crippen molar-refractivity contribution in [3.63, 3.8) is 0 Å². The van der Waals surface area contributed by atoms with Crippen molar-refractivity contribution in [3.8, 4) is 0 Å². The van der Waals surface area contributed by atoms with E-state index in [4.69, 9.17) is 0 Å². The normalized spacial score (nSPS) is 19.1. The van der Waals surface area contributed by atoms with E-state index in [-0.39, 0.29) is 6.42 Å². The summed E-state index contributed by atoms with van der Waals surface area (Å²) in [4.78, 5) is 10.4. The molecular weight excluding hydrogens is 200 g/mol. The smallest absolute Gasteiger partial charge is 0.0414 e. The minimum absolute atomic E-state index is 0.193. The molecule has 0 radical (unpaired) electrons. The van der Waals surface area contributed by atoms with Crippen LogP contribution in [-0.2, 0) is 11.2 Å². The lowest BCUT2D eigenvalue weighted by molar-refractivity contribution is -0.305. The fraction of sp³-hybridized carbons (Fsp3) is 0.500. The van der Waals surface area contributed by atoms with Gasteiger partial charge in [0.05, 0.1) is 0 Å². The van der Waals surface area contributed by atoms with Crippen LogP contribution < -0.4 is 5.11 Å². The first kappa shape index (κ1) is 11.2. The van der Waals surface area contributed by atoms with Gasteiger partial charge in [-0.1, -0.05) is 24.3 Å². The Kier molecular flexibility index (Phi) is 3.60. The summed E-state index contributed by atoms with van der Waals surface area (Å²) >= 11 is 0. The van der Waals surface area contributed by atoms with Crippen molar-refractivity contribution in [1.82, 2.24) is 0 Å². The van der Waals surface area contributed by atoms with E-state index < -0.39 is 5.97 Å². The summed E-state index contributed by atoms with van der Waals surface area (Å²) in [6.45, 7) is 0. The van der Waals surface area contributed by atoms with Crippen molar-refractivity contribution >= 4 is 5.97 Å². The lowest BCUT2D eigenvalue weighted by atomic mass is 9.80. The fourth-order valence-corrected chi connectivity index (χ4v) is 2.65. The van der Waals surface area contributed by atoms with Crippen LogP contribution >= 0.6 is 0 Å². The summed E-state index contributed by atoms with van der Waals surface area (Å²) < 4.78 is 0. The van der Waals surface area contributed by atoms with Gasteiger partial charge in [-0.15, -0.1) is 0 Å². The molecule has 1 atom stereocenters. The number of rotatable bonds is 4. The zero-order valence-corrected chi connectivity index (χ0v) is 9.45. The number of carbonyl (C=O) groups is 1. The third-order valence-corrected chi connectivity index (χ3v) is 3.43. The summed E-state index contributed by atoms with van der Waals surface area (Å²) in [7, 11) is 0. The molecule has 2 heteroatoms. The standard InChI is InChI=1S/C14H18O2/c15-14(16)10-4-8-12-7-3-6-11-5-1-2-9-13(11)12/h1-2,5,9,12H,3-4,6-8,10H2,(H,15,16)/p-1. The zero-order chi connectivity index (χ0) is 11.4. The number of fused-ring (bicyclic) bond motifs is 1. The van der Waals surface area contributed by atoms with Crippen LogP contribution in [0.3, 0.4) is 0 Å². The maximum absolute atomic E-state index is 10.4. The molecule has 0 amide bonds. The van der Waals surface area contributed by atoms with Crippen molar-refractivity contribution in [3.05, 3.63) is 35.4 Å². The molecule has 0 saturated carbocycles. The Balaban J connectivity index is 1.99. The van der Waals surface area contributed by atoms with Crippen molar-refractivity contribution in [1.29, 1.82) is 0 Å². The van der Waals surface area contributed by atoms with Crippen LogP contribution in [0, 0.1) is 0 Å². The first-order chi connectivity index (χ1) is 7.77. The monoisotopic (exact) mass is 217 g/mol. The largest absolute Gasteiger partial charge is 0.550 e. The molecule has 0 aliphatic heterocycles. The molecule has 1 aromatic rings. The summed E-state index contributed by atoms with van der Waals surface area (Å²) in [6.07, 6.45) is 5.51. The first-order valence-corrected chi connectivity index (χ1v) is 6.05. The number of carbonyl (C=O) groups excluding carboxylic acids is 1. The zero-order valence-electron chi connectivity index (χ0n) is 9.45. The van der Waals surface area contributed by atoms with Crippen LogP contribution in [0.5, 0.6) is 0 Å². The number of carboxylic acid groups (broad SMARTS) is 1. The Labute approximate surface area is 96.3 Å². The summed E-state index contributed by atoms with van der Waals surface area (Å²) in [5.41, 5.74) is 2.89. The molecule has 2 nitrogen and oxygen atoms in total. The van der Waals surface area contributed by atoms with Gasteiger partial charge in [-0.3, -0.25) is 0 Å².